The van der Waals surface area contributed by atoms with Crippen molar-refractivity contribution in [3.8, 4) is 0 Å². The number of hydrogen-bond donors (Lipinski definition) is 5. The number of benzene rings is 2. The van der Waals surface area contributed by atoms with Gasteiger partial charge in [0.2, 0.25) is 5.95 Å². The van der Waals surface area contributed by atoms with Crippen molar-refractivity contribution in [2.24, 2.45) is 0 Å². The Kier molecular flexibility index (Phi) is 5.85. The van der Waals surface area contributed by atoms with Crippen molar-refractivity contribution >= 4 is 34.3 Å². The van der Waals surface area contributed by atoms with Gasteiger partial charge in [-0.25, -0.2) is 4.98 Å². The Morgan fingerprint density at radius 3 is 2.61 bits per heavy atom. The molecule has 2 aromatic carbocycles. The van der Waals surface area contributed by atoms with Crippen LogP contribution in [0.2, 0.25) is 0 Å². The molecule has 0 aliphatic rings. The van der Waals surface area contributed by atoms with E-state index in [0.29, 0.717) is 53.9 Å². The summed E-state index contributed by atoms with van der Waals surface area (Å²) in [5, 5.41) is 16.0. The van der Waals surface area contributed by atoms with Crippen LogP contribution in [-0.4, -0.2) is 37.3 Å². The van der Waals surface area contributed by atoms with E-state index in [1.807, 2.05) is 34.9 Å². The zero-order valence-electron chi connectivity index (χ0n) is 17.3. The molecule has 7 N–H and O–H groups in total. The standard InChI is InChI=1S/C22H26N8O/c1-14(31)10-26-22-28-20(25-11-16-8-5-9-17(23)18(16)24)19-21(29-22)30(13-27-19)12-15-6-3-2-4-7-15/h2-9,13-14,31H,10-12,23-24H2,1H3,(H2,25,26,28,29). The van der Waals surface area contributed by atoms with Crippen molar-refractivity contribution in [3.05, 3.63) is 66.0 Å². The molecule has 1 atom stereocenters. The minimum absolute atomic E-state index is 0.333. The number of aliphatic hydroxyl groups is 1. The number of hydrogen-bond acceptors (Lipinski definition) is 8. The number of imidazole rings is 1. The molecule has 1 unspecified atom stereocenters. The average molecular weight is 419 g/mol. The minimum Gasteiger partial charge on any atom is -0.397 e. The number of para-hydroxylation sites is 1. The second-order valence-corrected chi connectivity index (χ2v) is 7.43. The first-order chi connectivity index (χ1) is 15.0. The summed E-state index contributed by atoms with van der Waals surface area (Å²) in [6, 6.07) is 15.7. The van der Waals surface area contributed by atoms with Crippen LogP contribution in [0.4, 0.5) is 23.1 Å². The predicted molar refractivity (Wildman–Crippen MR) is 124 cm³/mol. The molecule has 0 radical (unpaired) electrons. The maximum atomic E-state index is 9.64. The number of rotatable bonds is 8. The fourth-order valence-corrected chi connectivity index (χ4v) is 3.25. The summed E-state index contributed by atoms with van der Waals surface area (Å²) in [7, 11) is 0. The van der Waals surface area contributed by atoms with Gasteiger partial charge in [-0.1, -0.05) is 42.5 Å². The molecule has 0 fully saturated rings. The third-order valence-corrected chi connectivity index (χ3v) is 4.89. The van der Waals surface area contributed by atoms with Crippen LogP contribution in [0.1, 0.15) is 18.1 Å². The quantitative estimate of drug-likeness (QED) is 0.275. The summed E-state index contributed by atoms with van der Waals surface area (Å²) in [5.41, 5.74) is 16.5. The molecule has 4 aromatic rings. The van der Waals surface area contributed by atoms with E-state index < -0.39 is 6.10 Å². The van der Waals surface area contributed by atoms with E-state index in [2.05, 4.69) is 37.7 Å². The van der Waals surface area contributed by atoms with Crippen LogP contribution in [-0.2, 0) is 13.1 Å². The Balaban J connectivity index is 1.67. The highest BCUT2D eigenvalue weighted by Crippen LogP contribution is 2.24. The van der Waals surface area contributed by atoms with Gasteiger partial charge in [-0.05, 0) is 24.1 Å². The zero-order valence-corrected chi connectivity index (χ0v) is 17.3. The van der Waals surface area contributed by atoms with E-state index in [1.54, 1.807) is 19.3 Å². The number of nitrogen functional groups attached to an aromatic ring is 2. The van der Waals surface area contributed by atoms with E-state index in [1.165, 1.54) is 0 Å². The molecular formula is C22H26N8O. The smallest absolute Gasteiger partial charge is 0.226 e. The molecule has 31 heavy (non-hydrogen) atoms. The molecule has 160 valence electrons. The number of fused-ring (bicyclic) bond motifs is 1. The normalized spacial score (nSPS) is 12.1. The summed E-state index contributed by atoms with van der Waals surface area (Å²) in [6.07, 6.45) is 1.22. The Morgan fingerprint density at radius 2 is 1.84 bits per heavy atom. The van der Waals surface area contributed by atoms with Crippen LogP contribution in [0, 0.1) is 0 Å². The van der Waals surface area contributed by atoms with Gasteiger partial charge in [-0.2, -0.15) is 9.97 Å². The molecule has 0 aliphatic heterocycles. The number of aromatic nitrogens is 4. The van der Waals surface area contributed by atoms with Crippen molar-refractivity contribution in [2.75, 3.05) is 28.6 Å². The van der Waals surface area contributed by atoms with Crippen LogP contribution in [0.5, 0.6) is 0 Å². The van der Waals surface area contributed by atoms with Gasteiger partial charge in [0.25, 0.3) is 0 Å². The highest BCUT2D eigenvalue weighted by atomic mass is 16.3. The molecule has 9 heteroatoms. The second-order valence-electron chi connectivity index (χ2n) is 7.43. The molecule has 0 amide bonds. The minimum atomic E-state index is -0.531. The molecule has 9 nitrogen and oxygen atoms in total. The number of nitrogens with zero attached hydrogens (tertiary/aromatic N) is 4. The molecule has 0 saturated heterocycles. The highest BCUT2D eigenvalue weighted by molar-refractivity contribution is 5.84. The van der Waals surface area contributed by atoms with Crippen LogP contribution in [0.3, 0.4) is 0 Å². The average Bonchev–Trinajstić information content (AvgIpc) is 3.16. The first-order valence-corrected chi connectivity index (χ1v) is 10.1. The predicted octanol–water partition coefficient (Wildman–Crippen LogP) is 2.44. The van der Waals surface area contributed by atoms with Gasteiger partial charge < -0.3 is 31.8 Å². The second kappa shape index (κ2) is 8.88. The van der Waals surface area contributed by atoms with E-state index >= 15 is 0 Å². The van der Waals surface area contributed by atoms with Gasteiger partial charge in [-0.15, -0.1) is 0 Å². The lowest BCUT2D eigenvalue weighted by Crippen LogP contribution is -2.18. The fraction of sp³-hybridized carbons (Fsp3) is 0.227. The third kappa shape index (κ3) is 4.67. The van der Waals surface area contributed by atoms with Gasteiger partial charge in [0.1, 0.15) is 0 Å². The van der Waals surface area contributed by atoms with Gasteiger partial charge in [0.05, 0.1) is 30.4 Å². The summed E-state index contributed by atoms with van der Waals surface area (Å²) in [4.78, 5) is 13.7. The molecule has 0 saturated carbocycles. The molecule has 0 aliphatic carbocycles. The Labute approximate surface area is 180 Å². The van der Waals surface area contributed by atoms with Crippen LogP contribution in [0.25, 0.3) is 11.2 Å². The van der Waals surface area contributed by atoms with E-state index in [-0.39, 0.29) is 0 Å². The van der Waals surface area contributed by atoms with Gasteiger partial charge in [0.15, 0.2) is 17.0 Å². The van der Waals surface area contributed by atoms with Crippen LogP contribution in [0.15, 0.2) is 54.9 Å². The molecule has 4 rings (SSSR count). The molecule has 0 bridgehead atoms. The van der Waals surface area contributed by atoms with Crippen molar-refractivity contribution < 1.29 is 5.11 Å². The lowest BCUT2D eigenvalue weighted by Gasteiger charge is -2.13. The van der Waals surface area contributed by atoms with Crippen LogP contribution < -0.4 is 22.1 Å². The topological polar surface area (TPSA) is 140 Å². The Morgan fingerprint density at radius 1 is 1.03 bits per heavy atom. The maximum Gasteiger partial charge on any atom is 0.226 e. The first-order valence-electron chi connectivity index (χ1n) is 10.1. The molecule has 0 spiro atoms. The Bertz CT molecular complexity index is 1170. The van der Waals surface area contributed by atoms with E-state index in [4.69, 9.17) is 11.5 Å². The van der Waals surface area contributed by atoms with Gasteiger partial charge in [-0.3, -0.25) is 0 Å². The largest absolute Gasteiger partial charge is 0.397 e. The van der Waals surface area contributed by atoms with E-state index in [0.717, 1.165) is 11.1 Å². The molecule has 2 heterocycles. The molecule has 2 aromatic heterocycles. The van der Waals surface area contributed by atoms with Crippen molar-refractivity contribution in [1.82, 2.24) is 19.5 Å². The third-order valence-electron chi connectivity index (χ3n) is 4.89. The van der Waals surface area contributed by atoms with E-state index in [9.17, 15) is 5.11 Å². The van der Waals surface area contributed by atoms with Gasteiger partial charge >= 0.3 is 0 Å². The summed E-state index contributed by atoms with van der Waals surface area (Å²) in [5.74, 6) is 0.984. The Hall–Kier alpha value is -3.85. The zero-order chi connectivity index (χ0) is 21.8. The summed E-state index contributed by atoms with van der Waals surface area (Å²) >= 11 is 0. The number of aliphatic hydroxyl groups excluding tert-OH is 1. The lowest BCUT2D eigenvalue weighted by atomic mass is 10.1. The van der Waals surface area contributed by atoms with Crippen LogP contribution >= 0.6 is 0 Å². The van der Waals surface area contributed by atoms with Crippen molar-refractivity contribution in [1.29, 1.82) is 0 Å². The lowest BCUT2D eigenvalue weighted by molar-refractivity contribution is 0.208. The summed E-state index contributed by atoms with van der Waals surface area (Å²) in [6.45, 7) is 3.10. The number of anilines is 4. The van der Waals surface area contributed by atoms with Crippen molar-refractivity contribution in [3.63, 3.8) is 0 Å². The number of nitrogens with one attached hydrogen (secondary N) is 2. The number of nitrogens with two attached hydrogens (primary N) is 2. The first kappa shape index (κ1) is 20.4. The fourth-order valence-electron chi connectivity index (χ4n) is 3.25. The molecular weight excluding hydrogens is 392 g/mol. The summed E-state index contributed by atoms with van der Waals surface area (Å²) < 4.78 is 1.97. The van der Waals surface area contributed by atoms with Gasteiger partial charge in [0, 0.05) is 13.1 Å². The van der Waals surface area contributed by atoms with Crippen molar-refractivity contribution in [2.45, 2.75) is 26.1 Å². The monoisotopic (exact) mass is 418 g/mol. The SMILES string of the molecule is CC(O)CNc1nc(NCc2cccc(N)c2N)c2ncn(Cc3ccccc3)c2n1. The highest BCUT2D eigenvalue weighted by Gasteiger charge is 2.15. The maximum absolute atomic E-state index is 9.64.